The second-order valence-corrected chi connectivity index (χ2v) is 6.61. The number of rotatable bonds is 7. The van der Waals surface area contributed by atoms with Gasteiger partial charge in [0.25, 0.3) is 0 Å². The Kier molecular flexibility index (Phi) is 8.19. The highest BCUT2D eigenvalue weighted by molar-refractivity contribution is 5.92. The van der Waals surface area contributed by atoms with E-state index in [0.29, 0.717) is 6.54 Å². The zero-order chi connectivity index (χ0) is 18.8. The molecule has 0 aliphatic heterocycles. The van der Waals surface area contributed by atoms with Crippen LogP contribution >= 0.6 is 0 Å². The van der Waals surface area contributed by atoms with E-state index in [-0.39, 0.29) is 24.3 Å². The summed E-state index contributed by atoms with van der Waals surface area (Å²) in [5.74, 6) is 0.419. The molecule has 0 radical (unpaired) electrons. The van der Waals surface area contributed by atoms with Gasteiger partial charge in [-0.1, -0.05) is 37.8 Å². The maximum Gasteiger partial charge on any atom is 0.307 e. The Bertz CT molecular complexity index is 618. The molecule has 2 rings (SSSR count). The Morgan fingerprint density at radius 3 is 2.54 bits per heavy atom. The van der Waals surface area contributed by atoms with Crippen LogP contribution in [0.25, 0.3) is 6.08 Å². The zero-order valence-corrected chi connectivity index (χ0v) is 15.8. The molecule has 1 fully saturated rings. The van der Waals surface area contributed by atoms with Gasteiger partial charge in [0, 0.05) is 18.7 Å². The first kappa shape index (κ1) is 20.0. The molecule has 1 aromatic carbocycles. The fraction of sp³-hybridized carbons (Fsp3) is 0.524. The van der Waals surface area contributed by atoms with E-state index < -0.39 is 0 Å². The van der Waals surface area contributed by atoms with Gasteiger partial charge in [-0.25, -0.2) is 0 Å². The molecule has 5 heteroatoms. The van der Waals surface area contributed by atoms with E-state index in [9.17, 15) is 9.59 Å². The van der Waals surface area contributed by atoms with Crippen LogP contribution in [0.3, 0.4) is 0 Å². The van der Waals surface area contributed by atoms with Crippen molar-refractivity contribution in [1.29, 1.82) is 0 Å². The number of benzene rings is 1. The Labute approximate surface area is 156 Å². The van der Waals surface area contributed by atoms with E-state index in [4.69, 9.17) is 9.47 Å². The number of nitrogens with zero attached hydrogens (tertiary/aromatic N) is 1. The van der Waals surface area contributed by atoms with Gasteiger partial charge in [-0.3, -0.25) is 9.59 Å². The number of ether oxygens (including phenoxy) is 2. The predicted octanol–water partition coefficient (Wildman–Crippen LogP) is 3.82. The zero-order valence-electron chi connectivity index (χ0n) is 15.8. The third-order valence-corrected chi connectivity index (χ3v) is 4.85. The van der Waals surface area contributed by atoms with Gasteiger partial charge >= 0.3 is 5.97 Å². The fourth-order valence-corrected chi connectivity index (χ4v) is 3.36. The molecule has 1 aliphatic carbocycles. The molecule has 0 aromatic heterocycles. The monoisotopic (exact) mass is 359 g/mol. The van der Waals surface area contributed by atoms with Crippen molar-refractivity contribution >= 4 is 18.0 Å². The number of amides is 1. The van der Waals surface area contributed by atoms with Crippen molar-refractivity contribution in [2.75, 3.05) is 20.8 Å². The smallest absolute Gasteiger partial charge is 0.307 e. The summed E-state index contributed by atoms with van der Waals surface area (Å²) in [5.41, 5.74) is 0.909. The highest BCUT2D eigenvalue weighted by Crippen LogP contribution is 2.23. The first-order valence-corrected chi connectivity index (χ1v) is 9.33. The van der Waals surface area contributed by atoms with Crippen LogP contribution < -0.4 is 4.74 Å². The summed E-state index contributed by atoms with van der Waals surface area (Å²) < 4.78 is 9.95. The van der Waals surface area contributed by atoms with E-state index in [1.54, 1.807) is 19.3 Å². The summed E-state index contributed by atoms with van der Waals surface area (Å²) in [6.45, 7) is 0.401. The Hall–Kier alpha value is -2.30. The maximum absolute atomic E-state index is 12.8. The van der Waals surface area contributed by atoms with Crippen LogP contribution in [0.15, 0.2) is 30.3 Å². The van der Waals surface area contributed by atoms with Crippen LogP contribution in [0.4, 0.5) is 0 Å². The van der Waals surface area contributed by atoms with Crippen molar-refractivity contribution < 1.29 is 19.1 Å². The summed E-state index contributed by atoms with van der Waals surface area (Å²) >= 11 is 0. The number of methoxy groups -OCH3 is 2. The van der Waals surface area contributed by atoms with Crippen LogP contribution in [0.2, 0.25) is 0 Å². The Balaban J connectivity index is 2.09. The lowest BCUT2D eigenvalue weighted by molar-refractivity contribution is -0.141. The fourth-order valence-electron chi connectivity index (χ4n) is 3.36. The standard InChI is InChI=1S/C21H29NO4/c1-25-19-11-7-8-17(16-19)12-13-20(23)22(15-14-21(24)26-2)18-9-5-3-4-6-10-18/h7-8,11-13,16,18H,3-6,9-10,14-15H2,1-2H3/b13-12+. The molecule has 1 aromatic rings. The topological polar surface area (TPSA) is 55.8 Å². The minimum Gasteiger partial charge on any atom is -0.497 e. The van der Waals surface area contributed by atoms with Crippen LogP contribution in [-0.2, 0) is 14.3 Å². The molecule has 0 heterocycles. The molecule has 0 bridgehead atoms. The van der Waals surface area contributed by atoms with Gasteiger partial charge in [0.05, 0.1) is 20.6 Å². The largest absolute Gasteiger partial charge is 0.497 e. The van der Waals surface area contributed by atoms with E-state index >= 15 is 0 Å². The van der Waals surface area contributed by atoms with Crippen molar-refractivity contribution in [2.24, 2.45) is 0 Å². The summed E-state index contributed by atoms with van der Waals surface area (Å²) in [6.07, 6.45) is 10.3. The SMILES string of the molecule is COC(=O)CCN(C(=O)/C=C/c1cccc(OC)c1)C1CCCCCC1. The van der Waals surface area contributed by atoms with Gasteiger partial charge in [-0.2, -0.15) is 0 Å². The first-order chi connectivity index (χ1) is 12.6. The van der Waals surface area contributed by atoms with Crippen molar-refractivity contribution in [1.82, 2.24) is 4.90 Å². The van der Waals surface area contributed by atoms with Crippen LogP contribution in [0, 0.1) is 0 Å². The second-order valence-electron chi connectivity index (χ2n) is 6.61. The van der Waals surface area contributed by atoms with Gasteiger partial charge in [0.2, 0.25) is 5.91 Å². The van der Waals surface area contributed by atoms with Gasteiger partial charge in [-0.05, 0) is 36.6 Å². The molecule has 1 amide bonds. The molecule has 1 aliphatic rings. The van der Waals surface area contributed by atoms with E-state index in [1.807, 2.05) is 29.2 Å². The van der Waals surface area contributed by atoms with Gasteiger partial charge in [0.1, 0.15) is 5.75 Å². The molecule has 0 atom stereocenters. The Morgan fingerprint density at radius 1 is 1.15 bits per heavy atom. The number of carbonyl (C=O) groups excluding carboxylic acids is 2. The normalized spacial score (nSPS) is 15.5. The van der Waals surface area contributed by atoms with E-state index in [0.717, 1.165) is 37.0 Å². The third kappa shape index (κ3) is 6.21. The maximum atomic E-state index is 12.8. The molecule has 0 saturated heterocycles. The molecule has 0 spiro atoms. The van der Waals surface area contributed by atoms with Crippen LogP contribution in [-0.4, -0.2) is 43.6 Å². The molecule has 5 nitrogen and oxygen atoms in total. The van der Waals surface area contributed by atoms with Crippen LogP contribution in [0.5, 0.6) is 5.75 Å². The number of carbonyl (C=O) groups is 2. The molecular weight excluding hydrogens is 330 g/mol. The molecule has 0 N–H and O–H groups in total. The van der Waals surface area contributed by atoms with Crippen molar-refractivity contribution in [3.63, 3.8) is 0 Å². The van der Waals surface area contributed by atoms with Crippen molar-refractivity contribution in [2.45, 2.75) is 51.0 Å². The molecule has 26 heavy (non-hydrogen) atoms. The number of hydrogen-bond acceptors (Lipinski definition) is 4. The highest BCUT2D eigenvalue weighted by atomic mass is 16.5. The highest BCUT2D eigenvalue weighted by Gasteiger charge is 2.23. The van der Waals surface area contributed by atoms with Gasteiger partial charge in [-0.15, -0.1) is 0 Å². The Morgan fingerprint density at radius 2 is 1.88 bits per heavy atom. The van der Waals surface area contributed by atoms with Gasteiger partial charge in [0.15, 0.2) is 0 Å². The third-order valence-electron chi connectivity index (χ3n) is 4.85. The summed E-state index contributed by atoms with van der Waals surface area (Å²) in [7, 11) is 3.00. The minimum atomic E-state index is -0.284. The average molecular weight is 359 g/mol. The summed E-state index contributed by atoms with van der Waals surface area (Å²) in [6, 6.07) is 7.77. The number of esters is 1. The van der Waals surface area contributed by atoms with Gasteiger partial charge < -0.3 is 14.4 Å². The lowest BCUT2D eigenvalue weighted by Gasteiger charge is -2.30. The van der Waals surface area contributed by atoms with Crippen LogP contribution in [0.1, 0.15) is 50.5 Å². The van der Waals surface area contributed by atoms with Crippen molar-refractivity contribution in [3.8, 4) is 5.75 Å². The molecule has 142 valence electrons. The van der Waals surface area contributed by atoms with E-state index in [1.165, 1.54) is 20.0 Å². The molecular formula is C21H29NO4. The van der Waals surface area contributed by atoms with E-state index in [2.05, 4.69) is 0 Å². The molecule has 1 saturated carbocycles. The van der Waals surface area contributed by atoms with Crippen molar-refractivity contribution in [3.05, 3.63) is 35.9 Å². The average Bonchev–Trinajstić information content (AvgIpc) is 2.95. The second kappa shape index (κ2) is 10.6. The first-order valence-electron chi connectivity index (χ1n) is 9.33. The molecule has 0 unspecified atom stereocenters. The lowest BCUT2D eigenvalue weighted by Crippen LogP contribution is -2.40. The minimum absolute atomic E-state index is 0.0522. The summed E-state index contributed by atoms with van der Waals surface area (Å²) in [4.78, 5) is 26.2. The quantitative estimate of drug-likeness (QED) is 0.422. The summed E-state index contributed by atoms with van der Waals surface area (Å²) in [5, 5.41) is 0. The predicted molar refractivity (Wildman–Crippen MR) is 102 cm³/mol. The lowest BCUT2D eigenvalue weighted by atomic mass is 10.1. The number of hydrogen-bond donors (Lipinski definition) is 0.